The summed E-state index contributed by atoms with van der Waals surface area (Å²) in [5, 5.41) is 20.0. The van der Waals surface area contributed by atoms with Gasteiger partial charge in [-0.25, -0.2) is 0 Å². The van der Waals surface area contributed by atoms with Crippen molar-refractivity contribution in [1.29, 1.82) is 5.26 Å². The maximum absolute atomic E-state index is 10.5. The van der Waals surface area contributed by atoms with E-state index in [-0.39, 0.29) is 5.41 Å². The number of nitrogens with zero attached hydrogens (tertiary/aromatic N) is 1. The van der Waals surface area contributed by atoms with Gasteiger partial charge in [0.1, 0.15) is 0 Å². The number of aryl methyl sites for hydroxylation is 1. The molecular weight excluding hydrogens is 430 g/mol. The minimum absolute atomic E-state index is 0.245. The van der Waals surface area contributed by atoms with E-state index in [0.717, 1.165) is 28.6 Å². The maximum Gasteiger partial charge on any atom is 0.0843 e. The Balaban J connectivity index is 1.76. The zero-order valence-electron chi connectivity index (χ0n) is 16.6. The van der Waals surface area contributed by atoms with Crippen LogP contribution in [0.15, 0.2) is 53.0 Å². The number of hydrogen-bond acceptors (Lipinski definition) is 3. The molecule has 0 spiro atoms. The van der Waals surface area contributed by atoms with Gasteiger partial charge in [0.25, 0.3) is 0 Å². The van der Waals surface area contributed by atoms with E-state index in [2.05, 4.69) is 58.4 Å². The first-order chi connectivity index (χ1) is 13.3. The SMILES string of the molecule is CC(C)(O)c1ccccc1CCC(SCC1(CC#N)CC1)c1cccc(Br)c1. The number of nitriles is 1. The quantitative estimate of drug-likeness (QED) is 0.451. The van der Waals surface area contributed by atoms with E-state index in [9.17, 15) is 5.11 Å². The Hall–Kier alpha value is -1.28. The van der Waals surface area contributed by atoms with Gasteiger partial charge in [0, 0.05) is 21.9 Å². The van der Waals surface area contributed by atoms with Crippen LogP contribution in [0.2, 0.25) is 0 Å². The average Bonchev–Trinajstić information content (AvgIpc) is 3.41. The number of aliphatic hydroxyl groups is 1. The highest BCUT2D eigenvalue weighted by atomic mass is 79.9. The van der Waals surface area contributed by atoms with Crippen molar-refractivity contribution in [3.63, 3.8) is 0 Å². The van der Waals surface area contributed by atoms with Crippen LogP contribution in [0.1, 0.15) is 61.5 Å². The summed E-state index contributed by atoms with van der Waals surface area (Å²) < 4.78 is 1.10. The Labute approximate surface area is 181 Å². The van der Waals surface area contributed by atoms with Gasteiger partial charge >= 0.3 is 0 Å². The first-order valence-electron chi connectivity index (χ1n) is 9.88. The lowest BCUT2D eigenvalue weighted by molar-refractivity contribution is 0.0776. The molecule has 0 radical (unpaired) electrons. The Bertz CT molecular complexity index is 848. The van der Waals surface area contributed by atoms with Crippen molar-refractivity contribution >= 4 is 27.7 Å². The Morgan fingerprint density at radius 2 is 1.96 bits per heavy atom. The summed E-state index contributed by atoms with van der Waals surface area (Å²) in [7, 11) is 0. The van der Waals surface area contributed by atoms with Crippen LogP contribution in [-0.4, -0.2) is 10.9 Å². The van der Waals surface area contributed by atoms with Crippen LogP contribution in [0.3, 0.4) is 0 Å². The van der Waals surface area contributed by atoms with Crippen LogP contribution >= 0.6 is 27.7 Å². The molecule has 0 aliphatic heterocycles. The molecule has 3 rings (SSSR count). The lowest BCUT2D eigenvalue weighted by Crippen LogP contribution is -2.18. The Morgan fingerprint density at radius 1 is 1.21 bits per heavy atom. The van der Waals surface area contributed by atoms with Crippen molar-refractivity contribution in [2.45, 2.75) is 56.8 Å². The van der Waals surface area contributed by atoms with Crippen LogP contribution in [0.25, 0.3) is 0 Å². The van der Waals surface area contributed by atoms with E-state index in [0.29, 0.717) is 11.7 Å². The van der Waals surface area contributed by atoms with Gasteiger partial charge in [-0.05, 0) is 73.8 Å². The minimum Gasteiger partial charge on any atom is -0.386 e. The second-order valence-corrected chi connectivity index (χ2v) is 10.6. The molecule has 1 saturated carbocycles. The summed E-state index contributed by atoms with van der Waals surface area (Å²) in [6.07, 6.45) is 4.97. The predicted molar refractivity (Wildman–Crippen MR) is 121 cm³/mol. The standard InChI is InChI=1S/C24H28BrNOS/c1-23(2,27)21-9-4-3-6-18(21)10-11-22(19-7-5-8-20(25)16-19)28-17-24(12-13-24)14-15-26/h3-9,16,22,27H,10-14,17H2,1-2H3. The fraction of sp³-hybridized carbons (Fsp3) is 0.458. The lowest BCUT2D eigenvalue weighted by Gasteiger charge is -2.24. The zero-order valence-corrected chi connectivity index (χ0v) is 19.0. The van der Waals surface area contributed by atoms with Crippen LogP contribution in [0, 0.1) is 16.7 Å². The third kappa shape index (κ3) is 5.63. The lowest BCUT2D eigenvalue weighted by atomic mass is 9.90. The minimum atomic E-state index is -0.833. The van der Waals surface area contributed by atoms with Crippen LogP contribution in [0.4, 0.5) is 0 Å². The molecule has 1 aliphatic carbocycles. The van der Waals surface area contributed by atoms with Gasteiger partial charge in [-0.3, -0.25) is 0 Å². The van der Waals surface area contributed by atoms with Gasteiger partial charge in [0.2, 0.25) is 0 Å². The fourth-order valence-electron chi connectivity index (χ4n) is 3.67. The Kier molecular flexibility index (Phi) is 6.91. The molecule has 0 bridgehead atoms. The highest BCUT2D eigenvalue weighted by Crippen LogP contribution is 2.53. The summed E-state index contributed by atoms with van der Waals surface area (Å²) >= 11 is 5.60. The number of hydrogen-bond donors (Lipinski definition) is 1. The summed E-state index contributed by atoms with van der Waals surface area (Å²) in [5.41, 5.74) is 2.96. The second kappa shape index (κ2) is 9.03. The number of rotatable bonds is 9. The maximum atomic E-state index is 10.5. The van der Waals surface area contributed by atoms with E-state index in [4.69, 9.17) is 5.26 Å². The fourth-order valence-corrected chi connectivity index (χ4v) is 5.65. The molecule has 0 heterocycles. The summed E-state index contributed by atoms with van der Waals surface area (Å²) in [6, 6.07) is 19.2. The molecule has 1 unspecified atom stereocenters. The third-order valence-electron chi connectivity index (χ3n) is 5.57. The summed E-state index contributed by atoms with van der Waals surface area (Å²) in [6.45, 7) is 3.70. The van der Waals surface area contributed by atoms with Crippen LogP contribution < -0.4 is 0 Å². The Morgan fingerprint density at radius 3 is 2.61 bits per heavy atom. The smallest absolute Gasteiger partial charge is 0.0843 e. The van der Waals surface area contributed by atoms with Crippen molar-refractivity contribution in [3.8, 4) is 6.07 Å². The molecule has 28 heavy (non-hydrogen) atoms. The predicted octanol–water partition coefficient (Wildman–Crippen LogP) is 6.78. The van der Waals surface area contributed by atoms with E-state index in [1.165, 1.54) is 24.0 Å². The molecule has 4 heteroatoms. The molecule has 1 fully saturated rings. The topological polar surface area (TPSA) is 44.0 Å². The average molecular weight is 458 g/mol. The normalized spacial score (nSPS) is 16.4. The molecule has 2 aromatic carbocycles. The van der Waals surface area contributed by atoms with Gasteiger partial charge in [0.05, 0.1) is 11.7 Å². The largest absolute Gasteiger partial charge is 0.386 e. The molecule has 1 N–H and O–H groups in total. The van der Waals surface area contributed by atoms with E-state index < -0.39 is 5.60 Å². The number of thioether (sulfide) groups is 1. The van der Waals surface area contributed by atoms with E-state index in [1.807, 2.05) is 37.7 Å². The number of halogens is 1. The molecule has 1 aliphatic rings. The van der Waals surface area contributed by atoms with Crippen molar-refractivity contribution < 1.29 is 5.11 Å². The first kappa shape index (κ1) is 21.4. The van der Waals surface area contributed by atoms with Gasteiger partial charge in [0.15, 0.2) is 0 Å². The molecule has 0 aromatic heterocycles. The number of benzene rings is 2. The molecular formula is C24H28BrNOS. The molecule has 148 valence electrons. The van der Waals surface area contributed by atoms with Crippen molar-refractivity contribution in [3.05, 3.63) is 69.7 Å². The highest BCUT2D eigenvalue weighted by molar-refractivity contribution is 9.10. The zero-order chi connectivity index (χ0) is 20.2. The van der Waals surface area contributed by atoms with Gasteiger partial charge < -0.3 is 5.11 Å². The van der Waals surface area contributed by atoms with Gasteiger partial charge in [-0.2, -0.15) is 17.0 Å². The van der Waals surface area contributed by atoms with E-state index in [1.54, 1.807) is 0 Å². The molecule has 2 aromatic rings. The van der Waals surface area contributed by atoms with Crippen molar-refractivity contribution in [2.24, 2.45) is 5.41 Å². The van der Waals surface area contributed by atoms with Gasteiger partial charge in [-0.15, -0.1) is 0 Å². The molecule has 0 saturated heterocycles. The first-order valence-corrected chi connectivity index (χ1v) is 11.7. The van der Waals surface area contributed by atoms with Crippen molar-refractivity contribution in [2.75, 3.05) is 5.75 Å². The monoisotopic (exact) mass is 457 g/mol. The summed E-state index contributed by atoms with van der Waals surface area (Å²) in [5.74, 6) is 1.05. The van der Waals surface area contributed by atoms with Crippen LogP contribution in [-0.2, 0) is 12.0 Å². The molecule has 2 nitrogen and oxygen atoms in total. The molecule has 0 amide bonds. The van der Waals surface area contributed by atoms with E-state index >= 15 is 0 Å². The van der Waals surface area contributed by atoms with Crippen LogP contribution in [0.5, 0.6) is 0 Å². The molecule has 1 atom stereocenters. The van der Waals surface area contributed by atoms with Crippen molar-refractivity contribution in [1.82, 2.24) is 0 Å². The highest BCUT2D eigenvalue weighted by Gasteiger charge is 2.42. The summed E-state index contributed by atoms with van der Waals surface area (Å²) in [4.78, 5) is 0. The third-order valence-corrected chi connectivity index (χ3v) is 7.76. The van der Waals surface area contributed by atoms with Gasteiger partial charge in [-0.1, -0.05) is 52.3 Å². The second-order valence-electron chi connectivity index (χ2n) is 8.44.